The zero-order chi connectivity index (χ0) is 28.3. The minimum atomic E-state index is -0.386. The van der Waals surface area contributed by atoms with Crippen LogP contribution in [0.5, 0.6) is 0 Å². The predicted octanol–water partition coefficient (Wildman–Crippen LogP) is 6.48. The summed E-state index contributed by atoms with van der Waals surface area (Å²) in [6.45, 7) is 0. The second-order valence-electron chi connectivity index (χ2n) is 9.54. The van der Waals surface area contributed by atoms with Crippen molar-refractivity contribution in [2.24, 2.45) is 5.10 Å². The highest BCUT2D eigenvalue weighted by atomic mass is 19.1. The average molecular weight is 537 g/mol. The van der Waals surface area contributed by atoms with Gasteiger partial charge in [-0.15, -0.1) is 0 Å². The van der Waals surface area contributed by atoms with E-state index >= 15 is 0 Å². The van der Waals surface area contributed by atoms with E-state index in [1.165, 1.54) is 18.3 Å². The number of benzene rings is 4. The molecule has 0 aliphatic heterocycles. The molecule has 0 bridgehead atoms. The lowest BCUT2D eigenvalue weighted by Gasteiger charge is -2.18. The predicted molar refractivity (Wildman–Crippen MR) is 155 cm³/mol. The van der Waals surface area contributed by atoms with E-state index in [-0.39, 0.29) is 17.6 Å². The Morgan fingerprint density at radius 3 is 1.90 bits per heavy atom. The quantitative estimate of drug-likeness (QED) is 0.167. The van der Waals surface area contributed by atoms with Gasteiger partial charge < -0.3 is 9.97 Å². The molecule has 4 aromatic carbocycles. The van der Waals surface area contributed by atoms with Gasteiger partial charge in [-0.3, -0.25) is 4.79 Å². The summed E-state index contributed by atoms with van der Waals surface area (Å²) in [7, 11) is 0. The zero-order valence-corrected chi connectivity index (χ0v) is 21.5. The number of aromatic amines is 2. The number of hydrogen-bond acceptors (Lipinski definition) is 4. The monoisotopic (exact) mass is 536 g/mol. The Labute approximate surface area is 234 Å². The van der Waals surface area contributed by atoms with Gasteiger partial charge in [-0.1, -0.05) is 24.3 Å². The molecule has 6 aromatic rings. The third kappa shape index (κ3) is 4.94. The van der Waals surface area contributed by atoms with Crippen LogP contribution in [0, 0.1) is 28.5 Å². The molecule has 6 rings (SSSR count). The summed E-state index contributed by atoms with van der Waals surface area (Å²) in [6.07, 6.45) is 5.32. The first kappa shape index (κ1) is 25.3. The van der Waals surface area contributed by atoms with Crippen molar-refractivity contribution in [1.29, 1.82) is 10.5 Å². The largest absolute Gasteiger partial charge is 0.361 e. The van der Waals surface area contributed by atoms with Crippen LogP contribution >= 0.6 is 0 Å². The maximum Gasteiger partial charge on any atom is 0.271 e. The molecule has 0 aliphatic carbocycles. The summed E-state index contributed by atoms with van der Waals surface area (Å²) in [5.41, 5.74) is 9.32. The van der Waals surface area contributed by atoms with Crippen LogP contribution in [-0.4, -0.2) is 22.1 Å². The van der Waals surface area contributed by atoms with E-state index in [0.29, 0.717) is 22.3 Å². The zero-order valence-electron chi connectivity index (χ0n) is 21.5. The fourth-order valence-electron chi connectivity index (χ4n) is 5.03. The van der Waals surface area contributed by atoms with Gasteiger partial charge in [0.1, 0.15) is 5.82 Å². The number of nitrogens with one attached hydrogen (secondary N) is 3. The normalized spacial score (nSPS) is 11.2. The van der Waals surface area contributed by atoms with Crippen molar-refractivity contribution in [2.45, 2.75) is 5.92 Å². The highest BCUT2D eigenvalue weighted by Gasteiger charge is 2.24. The molecule has 8 heteroatoms. The number of rotatable bonds is 6. The SMILES string of the molecule is N#Cc1ccc2[nH]cc(C(c3ccc(C(=O)N/N=C/c4ccc(F)cc4)cc3)c3c[nH]c4ccc(C#N)cc34)c2c1. The summed E-state index contributed by atoms with van der Waals surface area (Å²) < 4.78 is 13.1. The lowest BCUT2D eigenvalue weighted by atomic mass is 9.84. The second-order valence-corrected chi connectivity index (χ2v) is 9.54. The second kappa shape index (κ2) is 10.6. The summed E-state index contributed by atoms with van der Waals surface area (Å²) in [6, 6.07) is 28.5. The summed E-state index contributed by atoms with van der Waals surface area (Å²) in [4.78, 5) is 19.4. The molecule has 196 valence electrons. The molecule has 3 N–H and O–H groups in total. The van der Waals surface area contributed by atoms with Crippen LogP contribution < -0.4 is 5.43 Å². The first-order chi connectivity index (χ1) is 20.0. The van der Waals surface area contributed by atoms with Crippen molar-refractivity contribution in [2.75, 3.05) is 0 Å². The van der Waals surface area contributed by atoms with Crippen molar-refractivity contribution in [3.63, 3.8) is 0 Å². The molecule has 0 fully saturated rings. The Morgan fingerprint density at radius 2 is 1.37 bits per heavy atom. The van der Waals surface area contributed by atoms with Gasteiger partial charge in [0, 0.05) is 45.7 Å². The third-order valence-corrected chi connectivity index (χ3v) is 7.06. The maximum absolute atomic E-state index is 13.1. The van der Waals surface area contributed by atoms with Crippen LogP contribution in [0.3, 0.4) is 0 Å². The van der Waals surface area contributed by atoms with Crippen LogP contribution in [0.25, 0.3) is 21.8 Å². The first-order valence-electron chi connectivity index (χ1n) is 12.8. The molecule has 0 saturated heterocycles. The van der Waals surface area contributed by atoms with Crippen molar-refractivity contribution < 1.29 is 9.18 Å². The fourth-order valence-corrected chi connectivity index (χ4v) is 5.03. The molecule has 0 spiro atoms. The number of nitrogens with zero attached hydrogens (tertiary/aromatic N) is 3. The number of carbonyl (C=O) groups is 1. The van der Waals surface area contributed by atoms with Gasteiger partial charge in [0.2, 0.25) is 0 Å². The Morgan fingerprint density at radius 1 is 0.805 bits per heavy atom. The van der Waals surface area contributed by atoms with Gasteiger partial charge in [0.05, 0.1) is 29.5 Å². The minimum absolute atomic E-state index is 0.269. The molecule has 1 amide bonds. The molecule has 0 atom stereocenters. The Bertz CT molecular complexity index is 1930. The number of hydrazone groups is 1. The first-order valence-corrected chi connectivity index (χ1v) is 12.8. The number of fused-ring (bicyclic) bond motifs is 2. The average Bonchev–Trinajstić information content (AvgIpc) is 3.62. The molecule has 0 radical (unpaired) electrons. The number of carbonyl (C=O) groups excluding carboxylic acids is 1. The molecular formula is C33H21FN6O. The van der Waals surface area contributed by atoms with E-state index in [4.69, 9.17) is 0 Å². The Kier molecular flexibility index (Phi) is 6.57. The molecule has 2 aromatic heterocycles. The van der Waals surface area contributed by atoms with E-state index in [0.717, 1.165) is 38.5 Å². The van der Waals surface area contributed by atoms with Gasteiger partial charge >= 0.3 is 0 Å². The van der Waals surface area contributed by atoms with E-state index < -0.39 is 0 Å². The third-order valence-electron chi connectivity index (χ3n) is 7.06. The van der Waals surface area contributed by atoms with E-state index in [1.54, 1.807) is 36.4 Å². The van der Waals surface area contributed by atoms with Crippen LogP contribution in [0.4, 0.5) is 4.39 Å². The van der Waals surface area contributed by atoms with Crippen LogP contribution in [-0.2, 0) is 0 Å². The molecule has 0 aliphatic rings. The lowest BCUT2D eigenvalue weighted by molar-refractivity contribution is 0.0955. The highest BCUT2D eigenvalue weighted by molar-refractivity contribution is 5.95. The van der Waals surface area contributed by atoms with E-state index in [2.05, 4.69) is 32.6 Å². The van der Waals surface area contributed by atoms with Crippen LogP contribution in [0.2, 0.25) is 0 Å². The number of H-pyrrole nitrogens is 2. The number of nitriles is 2. The summed E-state index contributed by atoms with van der Waals surface area (Å²) in [5, 5.41) is 24.9. The van der Waals surface area contributed by atoms with Crippen molar-refractivity contribution in [3.05, 3.63) is 142 Å². The van der Waals surface area contributed by atoms with Crippen molar-refractivity contribution >= 4 is 33.9 Å². The van der Waals surface area contributed by atoms with E-state index in [9.17, 15) is 19.7 Å². The minimum Gasteiger partial charge on any atom is -0.361 e. The van der Waals surface area contributed by atoms with Gasteiger partial charge in [0.25, 0.3) is 5.91 Å². The molecule has 0 unspecified atom stereocenters. The molecule has 0 saturated carbocycles. The van der Waals surface area contributed by atoms with Crippen LogP contribution in [0.15, 0.2) is 102 Å². The summed E-state index contributed by atoms with van der Waals surface area (Å²) in [5.74, 6) is -1.00. The lowest BCUT2D eigenvalue weighted by Crippen LogP contribution is -2.17. The Balaban J connectivity index is 1.38. The number of aromatic nitrogens is 2. The van der Waals surface area contributed by atoms with Crippen molar-refractivity contribution in [3.8, 4) is 12.1 Å². The van der Waals surface area contributed by atoms with Gasteiger partial charge in [-0.2, -0.15) is 15.6 Å². The van der Waals surface area contributed by atoms with Gasteiger partial charge in [-0.05, 0) is 82.9 Å². The number of amides is 1. The fraction of sp³-hybridized carbons (Fsp3) is 0.0303. The standard InChI is InChI=1S/C33H21FN6O/c34-25-9-1-20(2-10-25)17-39-40-33(41)24-7-5-23(6-8-24)32(28-18-37-30-11-3-21(15-35)13-26(28)30)29-19-38-31-12-4-22(16-36)14-27(29)31/h1-14,17-19,32,37-38H,(H,40,41)/b39-17+. The smallest absolute Gasteiger partial charge is 0.271 e. The topological polar surface area (TPSA) is 121 Å². The number of halogens is 1. The summed E-state index contributed by atoms with van der Waals surface area (Å²) >= 11 is 0. The molecular weight excluding hydrogens is 515 g/mol. The molecule has 7 nitrogen and oxygen atoms in total. The molecule has 2 heterocycles. The van der Waals surface area contributed by atoms with Gasteiger partial charge in [-0.25, -0.2) is 9.82 Å². The highest BCUT2D eigenvalue weighted by Crippen LogP contribution is 2.40. The van der Waals surface area contributed by atoms with Crippen LogP contribution in [0.1, 0.15) is 49.7 Å². The van der Waals surface area contributed by atoms with Gasteiger partial charge in [0.15, 0.2) is 0 Å². The maximum atomic E-state index is 13.1. The Hall–Kier alpha value is -5.99. The molecule has 41 heavy (non-hydrogen) atoms. The van der Waals surface area contributed by atoms with Crippen molar-refractivity contribution in [1.82, 2.24) is 15.4 Å². The van der Waals surface area contributed by atoms with E-state index in [1.807, 2.05) is 48.8 Å². The number of hydrogen-bond donors (Lipinski definition) is 3.